The Morgan fingerprint density at radius 2 is 1.93 bits per heavy atom. The summed E-state index contributed by atoms with van der Waals surface area (Å²) < 4.78 is 10.6. The lowest BCUT2D eigenvalue weighted by Gasteiger charge is -2.11. The van der Waals surface area contributed by atoms with Gasteiger partial charge in [-0.3, -0.25) is 4.79 Å². The van der Waals surface area contributed by atoms with E-state index in [-0.39, 0.29) is 10.9 Å². The molecule has 0 aliphatic rings. The highest BCUT2D eigenvalue weighted by molar-refractivity contribution is 6.37. The Morgan fingerprint density at radius 1 is 1.07 bits per heavy atom. The summed E-state index contributed by atoms with van der Waals surface area (Å²) in [5.74, 6) is 0.956. The van der Waals surface area contributed by atoms with E-state index >= 15 is 0 Å². The SMILES string of the molecule is O=C(Nc1ccccc1Cc1nc(-c2ccco2)no1)c1ccc(Cl)cc1Cl. The maximum atomic E-state index is 12.6. The number of aromatic nitrogens is 2. The van der Waals surface area contributed by atoms with E-state index in [0.717, 1.165) is 5.56 Å². The Kier molecular flexibility index (Phi) is 5.14. The van der Waals surface area contributed by atoms with Gasteiger partial charge in [0.1, 0.15) is 0 Å². The van der Waals surface area contributed by atoms with Crippen molar-refractivity contribution >= 4 is 34.8 Å². The normalized spacial score (nSPS) is 10.8. The topological polar surface area (TPSA) is 81.2 Å². The summed E-state index contributed by atoms with van der Waals surface area (Å²) >= 11 is 12.0. The van der Waals surface area contributed by atoms with E-state index in [4.69, 9.17) is 32.1 Å². The van der Waals surface area contributed by atoms with Gasteiger partial charge in [-0.05, 0) is 42.0 Å². The Balaban J connectivity index is 1.55. The molecule has 140 valence electrons. The standard InChI is InChI=1S/C20H13Cl2N3O3/c21-13-7-8-14(15(22)11-13)20(26)23-16-5-2-1-4-12(16)10-18-24-19(25-28-18)17-6-3-9-27-17/h1-9,11H,10H2,(H,23,26). The van der Waals surface area contributed by atoms with E-state index in [1.165, 1.54) is 12.3 Å². The molecular weight excluding hydrogens is 401 g/mol. The average molecular weight is 414 g/mol. The van der Waals surface area contributed by atoms with E-state index in [0.29, 0.717) is 40.2 Å². The van der Waals surface area contributed by atoms with Gasteiger partial charge in [0.25, 0.3) is 5.91 Å². The molecule has 0 bridgehead atoms. The van der Waals surface area contributed by atoms with Gasteiger partial charge in [-0.2, -0.15) is 4.98 Å². The third-order valence-corrected chi connectivity index (χ3v) is 4.54. The van der Waals surface area contributed by atoms with Crippen LogP contribution in [0.1, 0.15) is 21.8 Å². The summed E-state index contributed by atoms with van der Waals surface area (Å²) in [4.78, 5) is 16.9. The van der Waals surface area contributed by atoms with Crippen LogP contribution in [0.15, 0.2) is 69.8 Å². The molecule has 0 aliphatic heterocycles. The lowest BCUT2D eigenvalue weighted by atomic mass is 10.1. The second-order valence-corrected chi connectivity index (χ2v) is 6.74. The van der Waals surface area contributed by atoms with Crippen molar-refractivity contribution in [2.75, 3.05) is 5.32 Å². The van der Waals surface area contributed by atoms with Crippen LogP contribution in [0.25, 0.3) is 11.6 Å². The zero-order valence-corrected chi connectivity index (χ0v) is 15.9. The first-order valence-corrected chi connectivity index (χ1v) is 9.06. The maximum absolute atomic E-state index is 12.6. The van der Waals surface area contributed by atoms with E-state index in [2.05, 4.69) is 15.5 Å². The number of amides is 1. The molecule has 4 rings (SSSR count). The number of benzene rings is 2. The Hall–Kier alpha value is -3.09. The highest BCUT2D eigenvalue weighted by Crippen LogP contribution is 2.24. The monoisotopic (exact) mass is 413 g/mol. The van der Waals surface area contributed by atoms with Crippen molar-refractivity contribution in [2.45, 2.75) is 6.42 Å². The van der Waals surface area contributed by atoms with Gasteiger partial charge in [-0.25, -0.2) is 0 Å². The fraction of sp³-hybridized carbons (Fsp3) is 0.0500. The van der Waals surface area contributed by atoms with Gasteiger partial charge in [-0.15, -0.1) is 0 Å². The molecule has 2 aromatic heterocycles. The van der Waals surface area contributed by atoms with Gasteiger partial charge in [0.2, 0.25) is 11.7 Å². The van der Waals surface area contributed by atoms with Gasteiger partial charge < -0.3 is 14.3 Å². The molecule has 28 heavy (non-hydrogen) atoms. The van der Waals surface area contributed by atoms with Crippen LogP contribution in [0.3, 0.4) is 0 Å². The van der Waals surface area contributed by atoms with Crippen molar-refractivity contribution in [1.82, 2.24) is 10.1 Å². The molecule has 1 amide bonds. The second kappa shape index (κ2) is 7.88. The van der Waals surface area contributed by atoms with Crippen molar-refractivity contribution < 1.29 is 13.7 Å². The van der Waals surface area contributed by atoms with Crippen molar-refractivity contribution in [1.29, 1.82) is 0 Å². The van der Waals surface area contributed by atoms with Gasteiger partial charge in [0, 0.05) is 10.7 Å². The van der Waals surface area contributed by atoms with Gasteiger partial charge >= 0.3 is 0 Å². The molecule has 1 N–H and O–H groups in total. The minimum absolute atomic E-state index is 0.280. The largest absolute Gasteiger partial charge is 0.461 e. The first-order chi connectivity index (χ1) is 13.6. The predicted molar refractivity (Wildman–Crippen MR) is 106 cm³/mol. The molecular formula is C20H13Cl2N3O3. The molecule has 0 fully saturated rings. The molecule has 0 saturated heterocycles. The smallest absolute Gasteiger partial charge is 0.257 e. The van der Waals surface area contributed by atoms with Crippen LogP contribution in [-0.2, 0) is 6.42 Å². The zero-order valence-electron chi connectivity index (χ0n) is 14.4. The number of carbonyl (C=O) groups excluding carboxylic acids is 1. The maximum Gasteiger partial charge on any atom is 0.257 e. The van der Waals surface area contributed by atoms with Crippen LogP contribution in [-0.4, -0.2) is 16.0 Å². The third-order valence-electron chi connectivity index (χ3n) is 3.99. The van der Waals surface area contributed by atoms with Gasteiger partial charge in [0.05, 0.1) is 23.3 Å². The molecule has 0 saturated carbocycles. The number of halogens is 2. The lowest BCUT2D eigenvalue weighted by molar-refractivity contribution is 0.102. The predicted octanol–water partition coefficient (Wildman–Crippen LogP) is 5.48. The number of para-hydroxylation sites is 1. The van der Waals surface area contributed by atoms with Crippen LogP contribution in [0, 0.1) is 0 Å². The van der Waals surface area contributed by atoms with E-state index in [1.807, 2.05) is 18.2 Å². The highest BCUT2D eigenvalue weighted by atomic mass is 35.5. The zero-order chi connectivity index (χ0) is 19.5. The average Bonchev–Trinajstić information content (AvgIpc) is 3.35. The number of nitrogens with zero attached hydrogens (tertiary/aromatic N) is 2. The molecule has 2 aromatic carbocycles. The number of furan rings is 1. The Labute approximate surface area is 170 Å². The first kappa shape index (κ1) is 18.3. The first-order valence-electron chi connectivity index (χ1n) is 8.31. The van der Waals surface area contributed by atoms with E-state index < -0.39 is 0 Å². The van der Waals surface area contributed by atoms with Crippen LogP contribution in [0.5, 0.6) is 0 Å². The van der Waals surface area contributed by atoms with E-state index in [1.54, 1.807) is 30.3 Å². The van der Waals surface area contributed by atoms with Crippen molar-refractivity contribution in [2.24, 2.45) is 0 Å². The summed E-state index contributed by atoms with van der Waals surface area (Å²) in [5, 5.41) is 7.53. The van der Waals surface area contributed by atoms with Crippen LogP contribution < -0.4 is 5.32 Å². The van der Waals surface area contributed by atoms with E-state index in [9.17, 15) is 4.79 Å². The van der Waals surface area contributed by atoms with Crippen molar-refractivity contribution in [3.8, 4) is 11.6 Å². The number of anilines is 1. The second-order valence-electron chi connectivity index (χ2n) is 5.90. The summed E-state index contributed by atoms with van der Waals surface area (Å²) in [7, 11) is 0. The number of rotatable bonds is 5. The van der Waals surface area contributed by atoms with Gasteiger partial charge in [0.15, 0.2) is 5.76 Å². The molecule has 0 unspecified atom stereocenters. The number of hydrogen-bond donors (Lipinski definition) is 1. The molecule has 6 nitrogen and oxygen atoms in total. The van der Waals surface area contributed by atoms with Crippen LogP contribution in [0.4, 0.5) is 5.69 Å². The number of nitrogens with one attached hydrogen (secondary N) is 1. The minimum Gasteiger partial charge on any atom is -0.461 e. The molecule has 4 aromatic rings. The lowest BCUT2D eigenvalue weighted by Crippen LogP contribution is -2.14. The minimum atomic E-state index is -0.337. The summed E-state index contributed by atoms with van der Waals surface area (Å²) in [5.41, 5.74) is 1.77. The Morgan fingerprint density at radius 3 is 2.71 bits per heavy atom. The van der Waals surface area contributed by atoms with Crippen LogP contribution >= 0.6 is 23.2 Å². The number of carbonyl (C=O) groups is 1. The molecule has 0 spiro atoms. The summed E-state index contributed by atoms with van der Waals surface area (Å²) in [6, 6.07) is 15.6. The fourth-order valence-corrected chi connectivity index (χ4v) is 3.15. The Bertz CT molecular complexity index is 1120. The van der Waals surface area contributed by atoms with Crippen molar-refractivity contribution in [3.63, 3.8) is 0 Å². The van der Waals surface area contributed by atoms with Crippen molar-refractivity contribution in [3.05, 3.63) is 87.9 Å². The van der Waals surface area contributed by atoms with Crippen LogP contribution in [0.2, 0.25) is 10.0 Å². The molecule has 2 heterocycles. The molecule has 0 radical (unpaired) electrons. The number of hydrogen-bond acceptors (Lipinski definition) is 5. The summed E-state index contributed by atoms with van der Waals surface area (Å²) in [6.45, 7) is 0. The van der Waals surface area contributed by atoms with Gasteiger partial charge in [-0.1, -0.05) is 46.6 Å². The molecule has 0 atom stereocenters. The third kappa shape index (κ3) is 3.93. The molecule has 8 heteroatoms. The quantitative estimate of drug-likeness (QED) is 0.468. The highest BCUT2D eigenvalue weighted by Gasteiger charge is 2.16. The summed E-state index contributed by atoms with van der Waals surface area (Å²) in [6.07, 6.45) is 1.89. The molecule has 0 aliphatic carbocycles. The fourth-order valence-electron chi connectivity index (χ4n) is 2.66.